The minimum absolute atomic E-state index is 0.256. The molecule has 0 spiro atoms. The van der Waals surface area contributed by atoms with E-state index in [-0.39, 0.29) is 11.8 Å². The third-order valence-electron chi connectivity index (χ3n) is 5.21. The van der Waals surface area contributed by atoms with Gasteiger partial charge in [0.2, 0.25) is 0 Å². The monoisotopic (exact) mass is 428 g/mol. The van der Waals surface area contributed by atoms with Crippen LogP contribution in [0.5, 0.6) is 11.5 Å². The second-order valence-corrected chi connectivity index (χ2v) is 7.40. The summed E-state index contributed by atoms with van der Waals surface area (Å²) in [5.74, 6) is 0.585. The lowest BCUT2D eigenvalue weighted by Crippen LogP contribution is -2.17. The first-order valence-corrected chi connectivity index (χ1v) is 10.1. The van der Waals surface area contributed by atoms with Crippen LogP contribution >= 0.6 is 0 Å². The van der Waals surface area contributed by atoms with Gasteiger partial charge in [0.1, 0.15) is 13.2 Å². The van der Waals surface area contributed by atoms with Crippen molar-refractivity contribution < 1.29 is 19.1 Å². The molecule has 32 heavy (non-hydrogen) atoms. The standard InChI is InChI=1S/C24H20N4O4/c1-14-20(28-24(30)16-2-4-19-15(10-16)6-7-25-19)12-18(13-26-14)27-23(29)17-3-5-21-22(11-17)32-9-8-31-21/h2-7,10-13,25H,8-9H2,1H3,(H,27,29)(H,28,30). The van der Waals surface area contributed by atoms with Gasteiger partial charge in [0.15, 0.2) is 11.5 Å². The van der Waals surface area contributed by atoms with E-state index < -0.39 is 0 Å². The van der Waals surface area contributed by atoms with Gasteiger partial charge < -0.3 is 25.1 Å². The summed E-state index contributed by atoms with van der Waals surface area (Å²) in [6.07, 6.45) is 3.38. The van der Waals surface area contributed by atoms with Crippen LogP contribution in [0.3, 0.4) is 0 Å². The van der Waals surface area contributed by atoms with Crippen LogP contribution in [0.4, 0.5) is 11.4 Å². The molecule has 0 saturated carbocycles. The summed E-state index contributed by atoms with van der Waals surface area (Å²) in [5, 5.41) is 6.64. The van der Waals surface area contributed by atoms with Crippen LogP contribution in [0, 0.1) is 6.92 Å². The molecule has 5 rings (SSSR count). The molecular weight excluding hydrogens is 408 g/mol. The third-order valence-corrected chi connectivity index (χ3v) is 5.21. The predicted molar refractivity (Wildman–Crippen MR) is 121 cm³/mol. The average Bonchev–Trinajstić information content (AvgIpc) is 3.29. The molecule has 3 N–H and O–H groups in total. The number of fused-ring (bicyclic) bond motifs is 2. The quantitative estimate of drug-likeness (QED) is 0.453. The van der Waals surface area contributed by atoms with E-state index in [2.05, 4.69) is 20.6 Å². The van der Waals surface area contributed by atoms with Crippen LogP contribution in [-0.4, -0.2) is 35.0 Å². The molecule has 160 valence electrons. The number of rotatable bonds is 4. The molecule has 0 aliphatic carbocycles. The number of amides is 2. The summed E-state index contributed by atoms with van der Waals surface area (Å²) < 4.78 is 11.0. The summed E-state index contributed by atoms with van der Waals surface area (Å²) in [6, 6.07) is 14.1. The van der Waals surface area contributed by atoms with Crippen LogP contribution < -0.4 is 20.1 Å². The van der Waals surface area contributed by atoms with Gasteiger partial charge >= 0.3 is 0 Å². The Hall–Kier alpha value is -4.33. The van der Waals surface area contributed by atoms with Crippen molar-refractivity contribution in [3.8, 4) is 11.5 Å². The Labute approximate surface area is 183 Å². The molecule has 0 radical (unpaired) electrons. The van der Waals surface area contributed by atoms with Crippen LogP contribution in [0.25, 0.3) is 10.9 Å². The number of benzene rings is 2. The average molecular weight is 428 g/mol. The Balaban J connectivity index is 1.33. The second kappa shape index (κ2) is 8.07. The van der Waals surface area contributed by atoms with Crippen molar-refractivity contribution >= 4 is 34.1 Å². The highest BCUT2D eigenvalue weighted by Crippen LogP contribution is 2.31. The smallest absolute Gasteiger partial charge is 0.255 e. The highest BCUT2D eigenvalue weighted by Gasteiger charge is 2.16. The minimum atomic E-state index is -0.317. The molecule has 2 aromatic heterocycles. The normalized spacial score (nSPS) is 12.4. The second-order valence-electron chi connectivity index (χ2n) is 7.40. The van der Waals surface area contributed by atoms with Crippen LogP contribution in [0.2, 0.25) is 0 Å². The number of H-pyrrole nitrogens is 1. The Morgan fingerprint density at radius 3 is 2.53 bits per heavy atom. The van der Waals surface area contributed by atoms with Gasteiger partial charge in [-0.1, -0.05) is 0 Å². The highest BCUT2D eigenvalue weighted by molar-refractivity contribution is 6.07. The maximum absolute atomic E-state index is 12.8. The molecule has 0 atom stereocenters. The molecule has 0 unspecified atom stereocenters. The number of nitrogens with one attached hydrogen (secondary N) is 3. The lowest BCUT2D eigenvalue weighted by Gasteiger charge is -2.18. The highest BCUT2D eigenvalue weighted by atomic mass is 16.6. The molecule has 8 heteroatoms. The van der Waals surface area contributed by atoms with Gasteiger partial charge in [-0.3, -0.25) is 14.6 Å². The number of hydrogen-bond acceptors (Lipinski definition) is 5. The van der Waals surface area contributed by atoms with Gasteiger partial charge in [-0.25, -0.2) is 0 Å². The number of aromatic nitrogens is 2. The fraction of sp³-hybridized carbons (Fsp3) is 0.125. The fourth-order valence-electron chi connectivity index (χ4n) is 3.50. The number of hydrogen-bond donors (Lipinski definition) is 3. The first kappa shape index (κ1) is 19.6. The number of nitrogens with zero attached hydrogens (tertiary/aromatic N) is 1. The van der Waals surface area contributed by atoms with E-state index in [1.54, 1.807) is 43.5 Å². The van der Waals surface area contributed by atoms with E-state index in [9.17, 15) is 9.59 Å². The van der Waals surface area contributed by atoms with Crippen LogP contribution in [-0.2, 0) is 0 Å². The number of pyridine rings is 1. The molecule has 4 aromatic rings. The predicted octanol–water partition coefficient (Wildman–Crippen LogP) is 4.15. The van der Waals surface area contributed by atoms with Gasteiger partial charge in [-0.2, -0.15) is 0 Å². The first-order valence-electron chi connectivity index (χ1n) is 10.1. The van der Waals surface area contributed by atoms with Crippen molar-refractivity contribution in [2.75, 3.05) is 23.8 Å². The molecule has 2 amide bonds. The Kier molecular flexibility index (Phi) is 4.95. The molecule has 3 heterocycles. The molecule has 1 aliphatic heterocycles. The van der Waals surface area contributed by atoms with Crippen LogP contribution in [0.15, 0.2) is 60.9 Å². The number of aryl methyl sites for hydroxylation is 1. The summed E-state index contributed by atoms with van der Waals surface area (Å²) in [7, 11) is 0. The van der Waals surface area contributed by atoms with E-state index in [0.29, 0.717) is 52.9 Å². The maximum Gasteiger partial charge on any atom is 0.255 e. The van der Waals surface area contributed by atoms with Crippen molar-refractivity contribution in [3.05, 3.63) is 77.7 Å². The van der Waals surface area contributed by atoms with Gasteiger partial charge in [0, 0.05) is 28.2 Å². The zero-order chi connectivity index (χ0) is 22.1. The number of aromatic amines is 1. The van der Waals surface area contributed by atoms with Gasteiger partial charge in [-0.15, -0.1) is 0 Å². The Morgan fingerprint density at radius 1 is 0.906 bits per heavy atom. The zero-order valence-corrected chi connectivity index (χ0v) is 17.3. The van der Waals surface area contributed by atoms with Gasteiger partial charge in [-0.05, 0) is 55.5 Å². The Morgan fingerprint density at radius 2 is 1.66 bits per heavy atom. The molecule has 1 aliphatic rings. The fourth-order valence-corrected chi connectivity index (χ4v) is 3.50. The van der Waals surface area contributed by atoms with E-state index in [0.717, 1.165) is 10.9 Å². The van der Waals surface area contributed by atoms with Crippen LogP contribution in [0.1, 0.15) is 26.4 Å². The lowest BCUT2D eigenvalue weighted by atomic mass is 10.1. The number of carbonyl (C=O) groups is 2. The van der Waals surface area contributed by atoms with E-state index in [1.165, 1.54) is 0 Å². The summed E-state index contributed by atoms with van der Waals surface area (Å²) >= 11 is 0. The summed E-state index contributed by atoms with van der Waals surface area (Å²) in [6.45, 7) is 2.72. The summed E-state index contributed by atoms with van der Waals surface area (Å²) in [4.78, 5) is 32.9. The minimum Gasteiger partial charge on any atom is -0.486 e. The van der Waals surface area contributed by atoms with Gasteiger partial charge in [0.05, 0.1) is 23.3 Å². The van der Waals surface area contributed by atoms with Crippen molar-refractivity contribution in [2.24, 2.45) is 0 Å². The largest absolute Gasteiger partial charge is 0.486 e. The molecule has 8 nitrogen and oxygen atoms in total. The summed E-state index contributed by atoms with van der Waals surface area (Å²) in [5.41, 5.74) is 3.54. The van der Waals surface area contributed by atoms with Crippen molar-refractivity contribution in [2.45, 2.75) is 6.92 Å². The molecular formula is C24H20N4O4. The Bertz CT molecular complexity index is 1350. The number of carbonyl (C=O) groups excluding carboxylic acids is 2. The number of ether oxygens (including phenoxy) is 2. The van der Waals surface area contributed by atoms with E-state index in [1.807, 2.05) is 24.4 Å². The maximum atomic E-state index is 12.8. The molecule has 2 aromatic carbocycles. The lowest BCUT2D eigenvalue weighted by molar-refractivity contribution is 0.101. The van der Waals surface area contributed by atoms with Crippen molar-refractivity contribution in [1.29, 1.82) is 0 Å². The van der Waals surface area contributed by atoms with E-state index in [4.69, 9.17) is 9.47 Å². The SMILES string of the molecule is Cc1ncc(NC(=O)c2ccc3c(c2)OCCO3)cc1NC(=O)c1ccc2[nH]ccc2c1. The van der Waals surface area contributed by atoms with E-state index >= 15 is 0 Å². The molecule has 0 saturated heterocycles. The number of anilines is 2. The van der Waals surface area contributed by atoms with Crippen molar-refractivity contribution in [3.63, 3.8) is 0 Å². The third kappa shape index (κ3) is 3.85. The molecule has 0 bridgehead atoms. The topological polar surface area (TPSA) is 105 Å². The first-order chi connectivity index (χ1) is 15.6. The zero-order valence-electron chi connectivity index (χ0n) is 17.3. The van der Waals surface area contributed by atoms with Gasteiger partial charge in [0.25, 0.3) is 11.8 Å². The molecule has 0 fully saturated rings. The van der Waals surface area contributed by atoms with Crippen molar-refractivity contribution in [1.82, 2.24) is 9.97 Å².